The standard InChI is InChI=1S/C25H33NO5/c1-4-11-26-24(30)18-13-16(3)22(19(14-27)23(18)25(26)31)21(29)10-9-15(2)12-17-7-5-6-8-20(17)28/h5-8,12,18-19,21,23,27-29H,4,9-11,13-14H2,1-3H3/b15-12+/t18-,19+,21-,23-/m1/s1. The largest absolute Gasteiger partial charge is 0.507 e. The first-order chi connectivity index (χ1) is 14.8. The molecule has 3 N–H and O–H groups in total. The Hall–Kier alpha value is -2.44. The van der Waals surface area contributed by atoms with Gasteiger partial charge in [-0.25, -0.2) is 0 Å². The number of nitrogens with zero attached hydrogens (tertiary/aromatic N) is 1. The van der Waals surface area contributed by atoms with Crippen LogP contribution in [0.3, 0.4) is 0 Å². The zero-order valence-corrected chi connectivity index (χ0v) is 18.5. The minimum Gasteiger partial charge on any atom is -0.507 e. The maximum atomic E-state index is 12.9. The highest BCUT2D eigenvalue weighted by Gasteiger charge is 2.53. The third-order valence-electron chi connectivity index (χ3n) is 6.57. The third-order valence-corrected chi connectivity index (χ3v) is 6.57. The average Bonchev–Trinajstić information content (AvgIpc) is 2.97. The van der Waals surface area contributed by atoms with Crippen molar-refractivity contribution >= 4 is 17.9 Å². The van der Waals surface area contributed by atoms with Gasteiger partial charge < -0.3 is 15.3 Å². The topological polar surface area (TPSA) is 98.1 Å². The lowest BCUT2D eigenvalue weighted by Crippen LogP contribution is -2.38. The third kappa shape index (κ3) is 4.60. The lowest BCUT2D eigenvalue weighted by atomic mass is 9.68. The van der Waals surface area contributed by atoms with Crippen LogP contribution >= 0.6 is 0 Å². The van der Waals surface area contributed by atoms with Crippen molar-refractivity contribution in [2.75, 3.05) is 13.2 Å². The summed E-state index contributed by atoms with van der Waals surface area (Å²) >= 11 is 0. The van der Waals surface area contributed by atoms with Gasteiger partial charge >= 0.3 is 0 Å². The number of likely N-dealkylation sites (tertiary alicyclic amines) is 1. The van der Waals surface area contributed by atoms with E-state index in [-0.39, 0.29) is 24.2 Å². The Bertz CT molecular complexity index is 903. The molecule has 0 aromatic heterocycles. The first-order valence-corrected chi connectivity index (χ1v) is 11.1. The van der Waals surface area contributed by atoms with E-state index >= 15 is 0 Å². The molecule has 6 heteroatoms. The van der Waals surface area contributed by atoms with Gasteiger partial charge in [-0.1, -0.05) is 42.3 Å². The van der Waals surface area contributed by atoms with Gasteiger partial charge in [0.15, 0.2) is 0 Å². The first-order valence-electron chi connectivity index (χ1n) is 11.1. The van der Waals surface area contributed by atoms with Crippen LogP contribution in [0, 0.1) is 17.8 Å². The van der Waals surface area contributed by atoms with Crippen LogP contribution in [-0.2, 0) is 9.59 Å². The second-order valence-electron chi connectivity index (χ2n) is 8.79. The van der Waals surface area contributed by atoms with Gasteiger partial charge in [0.1, 0.15) is 5.75 Å². The fraction of sp³-hybridized carbons (Fsp3) is 0.520. The SMILES string of the molecule is CCCN1C(=O)[C@@H]2[C@@H](CC(C)=C([C@H](O)CC/C(C)=C/c3ccccc3O)[C@@H]2CO)C1=O. The Labute approximate surface area is 183 Å². The molecule has 2 aliphatic rings. The molecular weight excluding hydrogens is 394 g/mol. The number of hydrogen-bond acceptors (Lipinski definition) is 5. The van der Waals surface area contributed by atoms with Crippen LogP contribution in [0.25, 0.3) is 6.08 Å². The van der Waals surface area contributed by atoms with Crippen LogP contribution < -0.4 is 0 Å². The number of imide groups is 1. The number of rotatable bonds is 8. The molecule has 1 aromatic carbocycles. The van der Waals surface area contributed by atoms with Gasteiger partial charge in [0.2, 0.25) is 11.8 Å². The molecule has 0 bridgehead atoms. The molecule has 1 aliphatic carbocycles. The van der Waals surface area contributed by atoms with Gasteiger partial charge in [-0.2, -0.15) is 0 Å². The first kappa shape index (κ1) is 23.2. The summed E-state index contributed by atoms with van der Waals surface area (Å²) < 4.78 is 0. The number of carbonyl (C=O) groups is 2. The number of carbonyl (C=O) groups excluding carboxylic acids is 2. The van der Waals surface area contributed by atoms with Gasteiger partial charge in [0.05, 0.1) is 24.5 Å². The van der Waals surface area contributed by atoms with Crippen molar-refractivity contribution in [1.82, 2.24) is 4.90 Å². The zero-order chi connectivity index (χ0) is 22.7. The van der Waals surface area contributed by atoms with E-state index in [4.69, 9.17) is 0 Å². The van der Waals surface area contributed by atoms with E-state index in [0.717, 1.165) is 16.7 Å². The molecule has 6 nitrogen and oxygen atoms in total. The van der Waals surface area contributed by atoms with E-state index in [1.165, 1.54) is 4.90 Å². The van der Waals surface area contributed by atoms with Crippen LogP contribution in [0.1, 0.15) is 52.0 Å². The van der Waals surface area contributed by atoms with E-state index < -0.39 is 23.9 Å². The maximum Gasteiger partial charge on any atom is 0.233 e. The van der Waals surface area contributed by atoms with E-state index in [1.54, 1.807) is 12.1 Å². The fourth-order valence-electron chi connectivity index (χ4n) is 5.09. The van der Waals surface area contributed by atoms with Crippen molar-refractivity contribution in [2.24, 2.45) is 17.8 Å². The molecule has 0 spiro atoms. The van der Waals surface area contributed by atoms with Crippen LogP contribution in [0.4, 0.5) is 0 Å². The lowest BCUT2D eigenvalue weighted by molar-refractivity contribution is -0.140. The van der Waals surface area contributed by atoms with Crippen molar-refractivity contribution in [2.45, 2.75) is 52.6 Å². The number of amides is 2. The molecule has 31 heavy (non-hydrogen) atoms. The molecule has 4 atom stereocenters. The number of aliphatic hydroxyl groups is 2. The van der Waals surface area contributed by atoms with E-state index in [9.17, 15) is 24.9 Å². The van der Waals surface area contributed by atoms with Crippen LogP contribution in [0.15, 0.2) is 41.0 Å². The molecule has 0 saturated carbocycles. The molecule has 3 rings (SSSR count). The summed E-state index contributed by atoms with van der Waals surface area (Å²) in [5.41, 5.74) is 3.34. The fourth-order valence-corrected chi connectivity index (χ4v) is 5.09. The number of fused-ring (bicyclic) bond motifs is 1. The molecule has 1 fully saturated rings. The molecule has 0 unspecified atom stereocenters. The molecule has 1 saturated heterocycles. The predicted octanol–water partition coefficient (Wildman–Crippen LogP) is 3.28. The number of phenolic OH excluding ortho intramolecular Hbond substituents is 1. The highest BCUT2D eigenvalue weighted by Crippen LogP contribution is 2.46. The number of aromatic hydroxyl groups is 1. The minimum atomic E-state index is -0.797. The summed E-state index contributed by atoms with van der Waals surface area (Å²) in [6, 6.07) is 7.08. The van der Waals surface area contributed by atoms with Gasteiger partial charge in [0, 0.05) is 18.0 Å². The lowest BCUT2D eigenvalue weighted by Gasteiger charge is -2.35. The summed E-state index contributed by atoms with van der Waals surface area (Å²) in [4.78, 5) is 27.0. The van der Waals surface area contributed by atoms with Crippen LogP contribution in [0.5, 0.6) is 5.75 Å². The van der Waals surface area contributed by atoms with Crippen molar-refractivity contribution in [3.05, 3.63) is 46.5 Å². The Kier molecular flexibility index (Phi) is 7.34. The van der Waals surface area contributed by atoms with Crippen molar-refractivity contribution < 1.29 is 24.9 Å². The van der Waals surface area contributed by atoms with Crippen LogP contribution in [0.2, 0.25) is 0 Å². The summed E-state index contributed by atoms with van der Waals surface area (Å²) in [5, 5.41) is 31.1. The van der Waals surface area contributed by atoms with E-state index in [1.807, 2.05) is 39.0 Å². The smallest absolute Gasteiger partial charge is 0.233 e. The normalized spacial score (nSPS) is 25.3. The number of para-hydroxylation sites is 1. The van der Waals surface area contributed by atoms with Crippen molar-refractivity contribution in [3.63, 3.8) is 0 Å². The molecule has 168 valence electrons. The summed E-state index contributed by atoms with van der Waals surface area (Å²) in [6.45, 7) is 5.90. The number of allylic oxidation sites excluding steroid dienone is 2. The van der Waals surface area contributed by atoms with Crippen molar-refractivity contribution in [1.29, 1.82) is 0 Å². The second kappa shape index (κ2) is 9.79. The highest BCUT2D eigenvalue weighted by molar-refractivity contribution is 6.05. The van der Waals surface area contributed by atoms with Gasteiger partial charge in [-0.3, -0.25) is 14.5 Å². The summed E-state index contributed by atoms with van der Waals surface area (Å²) in [5.74, 6) is -1.71. The Balaban J connectivity index is 1.76. The highest BCUT2D eigenvalue weighted by atomic mass is 16.3. The quantitative estimate of drug-likeness (QED) is 0.437. The molecule has 1 aliphatic heterocycles. The monoisotopic (exact) mass is 427 g/mol. The van der Waals surface area contributed by atoms with Crippen LogP contribution in [-0.4, -0.2) is 51.3 Å². The van der Waals surface area contributed by atoms with Crippen molar-refractivity contribution in [3.8, 4) is 5.75 Å². The van der Waals surface area contributed by atoms with E-state index in [0.29, 0.717) is 37.8 Å². The molecule has 0 radical (unpaired) electrons. The number of hydrogen-bond donors (Lipinski definition) is 3. The number of benzene rings is 1. The number of phenols is 1. The molecule has 1 heterocycles. The predicted molar refractivity (Wildman–Crippen MR) is 119 cm³/mol. The Morgan fingerprint density at radius 1 is 1.26 bits per heavy atom. The van der Waals surface area contributed by atoms with E-state index in [2.05, 4.69) is 0 Å². The summed E-state index contributed by atoms with van der Waals surface area (Å²) in [7, 11) is 0. The van der Waals surface area contributed by atoms with Gasteiger partial charge in [-0.05, 0) is 51.2 Å². The average molecular weight is 428 g/mol. The second-order valence-corrected chi connectivity index (χ2v) is 8.79. The molecule has 1 aromatic rings. The van der Waals surface area contributed by atoms with Gasteiger partial charge in [0.25, 0.3) is 0 Å². The Morgan fingerprint density at radius 3 is 2.61 bits per heavy atom. The molecule has 2 amide bonds. The minimum absolute atomic E-state index is 0.148. The number of aliphatic hydroxyl groups excluding tert-OH is 2. The molecular formula is C25H33NO5. The maximum absolute atomic E-state index is 12.9. The Morgan fingerprint density at radius 2 is 1.97 bits per heavy atom. The zero-order valence-electron chi connectivity index (χ0n) is 18.5. The summed E-state index contributed by atoms with van der Waals surface area (Å²) in [6.07, 6.45) is 3.29. The van der Waals surface area contributed by atoms with Gasteiger partial charge in [-0.15, -0.1) is 0 Å².